The Morgan fingerprint density at radius 2 is 2.00 bits per heavy atom. The molecule has 0 saturated heterocycles. The lowest BCUT2D eigenvalue weighted by molar-refractivity contribution is -0.291. The number of hydrogen-bond acceptors (Lipinski definition) is 10. The van der Waals surface area contributed by atoms with Gasteiger partial charge in [-0.25, -0.2) is 9.59 Å². The lowest BCUT2D eigenvalue weighted by Gasteiger charge is -2.66. The van der Waals surface area contributed by atoms with Crippen LogP contribution in [0.1, 0.15) is 64.2 Å². The maximum Gasteiger partial charge on any atom is 0.373 e. The molecular weight excluding hydrogens is 494 g/mol. The summed E-state index contributed by atoms with van der Waals surface area (Å²) < 4.78 is 16.7. The van der Waals surface area contributed by atoms with E-state index in [0.717, 1.165) is 5.57 Å². The molecule has 1 aromatic rings. The van der Waals surface area contributed by atoms with E-state index in [1.54, 1.807) is 19.1 Å². The van der Waals surface area contributed by atoms with Crippen LogP contribution >= 0.6 is 0 Å². The van der Waals surface area contributed by atoms with Crippen LogP contribution in [0.4, 0.5) is 0 Å². The summed E-state index contributed by atoms with van der Waals surface area (Å²) >= 11 is 0. The molecule has 1 fully saturated rings. The van der Waals surface area contributed by atoms with Gasteiger partial charge < -0.3 is 29.5 Å². The van der Waals surface area contributed by atoms with Crippen molar-refractivity contribution in [1.82, 2.24) is 4.98 Å². The zero-order valence-electron chi connectivity index (χ0n) is 22.3. The monoisotopic (exact) mass is 529 g/mol. The SMILES string of the molecule is CC(=O)O[C@H](CC1=C(O)C(=O)OC1)[C@@]1(C)[C@@H]2CCC=C(C)[C@@]2(C)[C@H](OC(=O)c2cccnc2)[C@@H](O)[C@@]1(C)O. The molecule has 4 rings (SSSR count). The number of pyridine rings is 1. The standard InChI is InChI=1S/C28H35NO9/c1-15-8-6-10-19-26(15,3)23(38-24(33)17-9-7-11-29-13-17)22(32)28(5,35)27(19,4)20(37-16(2)30)12-18-14-36-25(34)21(18)31/h7-9,11,13,19-20,22-23,31-32,35H,6,10,12,14H2,1-5H3/t19-,20-,22-,23-,26-,27-,28-/m1/s1. The van der Waals surface area contributed by atoms with E-state index in [4.69, 9.17) is 14.2 Å². The number of nitrogens with zero attached hydrogens (tertiary/aromatic N) is 1. The van der Waals surface area contributed by atoms with E-state index in [2.05, 4.69) is 4.98 Å². The molecule has 0 amide bonds. The minimum Gasteiger partial charge on any atom is -0.502 e. The quantitative estimate of drug-likeness (QED) is 0.285. The molecule has 1 aromatic heterocycles. The van der Waals surface area contributed by atoms with Crippen LogP contribution in [-0.4, -0.2) is 68.7 Å². The second-order valence-corrected chi connectivity index (χ2v) is 11.1. The smallest absolute Gasteiger partial charge is 0.373 e. The first kappa shape index (κ1) is 27.8. The molecule has 10 heteroatoms. The molecule has 0 unspecified atom stereocenters. The lowest BCUT2D eigenvalue weighted by Crippen LogP contribution is -2.75. The van der Waals surface area contributed by atoms with Gasteiger partial charge in [0.1, 0.15) is 30.5 Å². The molecule has 7 atom stereocenters. The number of ether oxygens (including phenoxy) is 3. The van der Waals surface area contributed by atoms with Gasteiger partial charge in [-0.15, -0.1) is 0 Å². The Hall–Kier alpha value is -3.24. The number of hydrogen-bond donors (Lipinski definition) is 3. The number of cyclic esters (lactones) is 1. The highest BCUT2D eigenvalue weighted by Gasteiger charge is 2.71. The van der Waals surface area contributed by atoms with Gasteiger partial charge in [-0.05, 0) is 44.7 Å². The van der Waals surface area contributed by atoms with E-state index in [1.807, 2.05) is 19.9 Å². The maximum absolute atomic E-state index is 13.1. The third-order valence-corrected chi connectivity index (χ3v) is 9.19. The van der Waals surface area contributed by atoms with Crippen molar-refractivity contribution in [1.29, 1.82) is 0 Å². The van der Waals surface area contributed by atoms with Crippen LogP contribution in [0.25, 0.3) is 0 Å². The molecule has 1 aliphatic heterocycles. The molecule has 0 aromatic carbocycles. The number of carbonyl (C=O) groups excluding carboxylic acids is 3. The predicted molar refractivity (Wildman–Crippen MR) is 134 cm³/mol. The fraction of sp³-hybridized carbons (Fsp3) is 0.571. The van der Waals surface area contributed by atoms with Crippen LogP contribution in [0, 0.1) is 16.7 Å². The fourth-order valence-electron chi connectivity index (χ4n) is 6.69. The molecule has 3 aliphatic rings. The summed E-state index contributed by atoms with van der Waals surface area (Å²) in [6.45, 7) is 8.01. The van der Waals surface area contributed by atoms with Crippen LogP contribution in [-0.2, 0) is 23.8 Å². The minimum absolute atomic E-state index is 0.0913. The van der Waals surface area contributed by atoms with Crippen molar-refractivity contribution in [2.24, 2.45) is 16.7 Å². The Kier molecular flexibility index (Phi) is 7.18. The van der Waals surface area contributed by atoms with Crippen LogP contribution in [0.15, 0.2) is 47.5 Å². The number of fused-ring (bicyclic) bond motifs is 1. The largest absolute Gasteiger partial charge is 0.502 e. The molecule has 1 saturated carbocycles. The second-order valence-electron chi connectivity index (χ2n) is 11.1. The van der Waals surface area contributed by atoms with Crippen molar-refractivity contribution in [3.05, 3.63) is 53.1 Å². The molecule has 10 nitrogen and oxygen atoms in total. The summed E-state index contributed by atoms with van der Waals surface area (Å²) in [5, 5.41) is 34.1. The van der Waals surface area contributed by atoms with E-state index in [9.17, 15) is 29.7 Å². The van der Waals surface area contributed by atoms with E-state index in [1.165, 1.54) is 26.2 Å². The zero-order valence-corrected chi connectivity index (χ0v) is 22.3. The highest BCUT2D eigenvalue weighted by Crippen LogP contribution is 2.64. The Balaban J connectivity index is 1.83. The second kappa shape index (κ2) is 9.81. The van der Waals surface area contributed by atoms with Crippen LogP contribution in [0.3, 0.4) is 0 Å². The Morgan fingerprint density at radius 3 is 2.58 bits per heavy atom. The summed E-state index contributed by atoms with van der Waals surface area (Å²) in [6.07, 6.45) is 2.23. The van der Waals surface area contributed by atoms with Crippen molar-refractivity contribution in [3.63, 3.8) is 0 Å². The molecule has 38 heavy (non-hydrogen) atoms. The van der Waals surface area contributed by atoms with Gasteiger partial charge in [0.2, 0.25) is 5.76 Å². The number of aliphatic hydroxyl groups excluding tert-OH is 2. The van der Waals surface area contributed by atoms with E-state index in [0.29, 0.717) is 12.8 Å². The first-order valence-corrected chi connectivity index (χ1v) is 12.7. The first-order chi connectivity index (χ1) is 17.8. The molecular formula is C28H35NO9. The van der Waals surface area contributed by atoms with E-state index >= 15 is 0 Å². The number of rotatable bonds is 6. The summed E-state index contributed by atoms with van der Waals surface area (Å²) in [5.74, 6) is -3.18. The van der Waals surface area contributed by atoms with Crippen molar-refractivity contribution >= 4 is 17.9 Å². The summed E-state index contributed by atoms with van der Waals surface area (Å²) in [4.78, 5) is 41.2. The third kappa shape index (κ3) is 4.19. The van der Waals surface area contributed by atoms with Gasteiger partial charge in [0.15, 0.2) is 0 Å². The molecule has 3 N–H and O–H groups in total. The number of aliphatic hydroxyl groups is 3. The van der Waals surface area contributed by atoms with Gasteiger partial charge in [0.05, 0.1) is 5.56 Å². The average Bonchev–Trinajstić information content (AvgIpc) is 3.19. The van der Waals surface area contributed by atoms with Crippen LogP contribution < -0.4 is 0 Å². The third-order valence-electron chi connectivity index (χ3n) is 9.19. The molecule has 0 spiro atoms. The van der Waals surface area contributed by atoms with Crippen molar-refractivity contribution < 1.29 is 43.9 Å². The molecule has 2 aliphatic carbocycles. The number of esters is 3. The molecule has 2 heterocycles. The van der Waals surface area contributed by atoms with E-state index in [-0.39, 0.29) is 24.2 Å². The average molecular weight is 530 g/mol. The van der Waals surface area contributed by atoms with Crippen molar-refractivity contribution in [3.8, 4) is 0 Å². The summed E-state index contributed by atoms with van der Waals surface area (Å²) in [5.41, 5.74) is -2.89. The number of carbonyl (C=O) groups is 3. The lowest BCUT2D eigenvalue weighted by atomic mass is 9.43. The van der Waals surface area contributed by atoms with Gasteiger partial charge in [-0.3, -0.25) is 9.78 Å². The predicted octanol–water partition coefficient (Wildman–Crippen LogP) is 2.79. The summed E-state index contributed by atoms with van der Waals surface area (Å²) in [7, 11) is 0. The first-order valence-electron chi connectivity index (χ1n) is 12.7. The minimum atomic E-state index is -1.94. The number of allylic oxidation sites excluding steroid dienone is 1. The van der Waals surface area contributed by atoms with Gasteiger partial charge >= 0.3 is 17.9 Å². The maximum atomic E-state index is 13.1. The Bertz CT molecular complexity index is 1190. The van der Waals surface area contributed by atoms with E-state index < -0.39 is 64.3 Å². The van der Waals surface area contributed by atoms with Gasteiger partial charge in [-0.2, -0.15) is 0 Å². The van der Waals surface area contributed by atoms with Crippen LogP contribution in [0.5, 0.6) is 0 Å². The number of aromatic nitrogens is 1. The summed E-state index contributed by atoms with van der Waals surface area (Å²) in [6, 6.07) is 3.15. The van der Waals surface area contributed by atoms with Crippen molar-refractivity contribution in [2.75, 3.05) is 6.61 Å². The topological polar surface area (TPSA) is 152 Å². The Labute approximate surface area is 221 Å². The zero-order chi connectivity index (χ0) is 28.0. The van der Waals surface area contributed by atoms with Gasteiger partial charge in [-0.1, -0.05) is 25.5 Å². The molecule has 0 radical (unpaired) electrons. The van der Waals surface area contributed by atoms with Crippen LogP contribution in [0.2, 0.25) is 0 Å². The highest BCUT2D eigenvalue weighted by molar-refractivity contribution is 5.89. The molecule has 0 bridgehead atoms. The van der Waals surface area contributed by atoms with Gasteiger partial charge in [0, 0.05) is 42.1 Å². The molecule has 206 valence electrons. The van der Waals surface area contributed by atoms with Gasteiger partial charge in [0.25, 0.3) is 0 Å². The normalized spacial score (nSPS) is 35.6. The highest BCUT2D eigenvalue weighted by atomic mass is 16.6. The fourth-order valence-corrected chi connectivity index (χ4v) is 6.69. The Morgan fingerprint density at radius 1 is 1.29 bits per heavy atom. The van der Waals surface area contributed by atoms with Crippen molar-refractivity contribution in [2.45, 2.75) is 77.8 Å².